The molecule has 0 bridgehead atoms. The van der Waals surface area contributed by atoms with E-state index in [4.69, 9.17) is 0 Å². The maximum absolute atomic E-state index is 13.4. The zero-order valence-corrected chi connectivity index (χ0v) is 15.0. The monoisotopic (exact) mass is 413 g/mol. The Balaban J connectivity index is 4.08. The molecular formula is C17H17F6NO4. The predicted octanol–water partition coefficient (Wildman–Crippen LogP) is 4.59. The van der Waals surface area contributed by atoms with E-state index in [1.165, 1.54) is 19.9 Å². The van der Waals surface area contributed by atoms with Crippen LogP contribution in [0.2, 0.25) is 0 Å². The molecule has 1 aromatic rings. The van der Waals surface area contributed by atoms with Crippen molar-refractivity contribution in [2.75, 3.05) is 13.2 Å². The Bertz CT molecular complexity index is 701. The average Bonchev–Trinajstić information content (AvgIpc) is 2.57. The maximum atomic E-state index is 13.4. The Hall–Kier alpha value is -2.59. The molecule has 0 amide bonds. The SMILES string of the molecule is C=CCCc1c(C(=O)OCC)c(C(F)(F)F)nc(C(F)(F)F)c1C(=O)OCC. The maximum Gasteiger partial charge on any atom is 0.434 e. The fourth-order valence-corrected chi connectivity index (χ4v) is 2.39. The molecule has 0 saturated heterocycles. The minimum atomic E-state index is -5.40. The first-order valence-corrected chi connectivity index (χ1v) is 8.06. The Kier molecular flexibility index (Phi) is 7.59. The van der Waals surface area contributed by atoms with Crippen molar-refractivity contribution in [3.8, 4) is 0 Å². The summed E-state index contributed by atoms with van der Waals surface area (Å²) in [5.41, 5.74) is -7.44. The lowest BCUT2D eigenvalue weighted by atomic mass is 9.93. The van der Waals surface area contributed by atoms with Gasteiger partial charge < -0.3 is 9.47 Å². The van der Waals surface area contributed by atoms with Crippen LogP contribution in [0.4, 0.5) is 26.3 Å². The third-order valence-electron chi connectivity index (χ3n) is 3.40. The van der Waals surface area contributed by atoms with Gasteiger partial charge in [-0.2, -0.15) is 26.3 Å². The summed E-state index contributed by atoms with van der Waals surface area (Å²) in [5.74, 6) is -3.08. The van der Waals surface area contributed by atoms with Crippen molar-refractivity contribution in [3.63, 3.8) is 0 Å². The highest BCUT2D eigenvalue weighted by atomic mass is 19.4. The van der Waals surface area contributed by atoms with Gasteiger partial charge in [0.05, 0.1) is 24.3 Å². The van der Waals surface area contributed by atoms with Crippen LogP contribution >= 0.6 is 0 Å². The minimum Gasteiger partial charge on any atom is -0.462 e. The van der Waals surface area contributed by atoms with Gasteiger partial charge in [-0.15, -0.1) is 6.58 Å². The van der Waals surface area contributed by atoms with E-state index in [1.54, 1.807) is 0 Å². The topological polar surface area (TPSA) is 65.5 Å². The molecule has 0 aliphatic heterocycles. The molecule has 0 N–H and O–H groups in total. The number of aromatic nitrogens is 1. The number of nitrogens with zero attached hydrogens (tertiary/aromatic N) is 1. The summed E-state index contributed by atoms with van der Waals surface area (Å²) in [6.07, 6.45) is -10.2. The second-order valence-corrected chi connectivity index (χ2v) is 5.30. The Labute approximate surface area is 156 Å². The van der Waals surface area contributed by atoms with Gasteiger partial charge in [0.1, 0.15) is 0 Å². The van der Waals surface area contributed by atoms with Crippen LogP contribution in [0, 0.1) is 0 Å². The quantitative estimate of drug-likeness (QED) is 0.372. The highest BCUT2D eigenvalue weighted by Crippen LogP contribution is 2.40. The summed E-state index contributed by atoms with van der Waals surface area (Å²) in [6.45, 7) is 5.27. The smallest absolute Gasteiger partial charge is 0.434 e. The number of rotatable bonds is 7. The summed E-state index contributed by atoms with van der Waals surface area (Å²) in [5, 5.41) is 0. The van der Waals surface area contributed by atoms with Gasteiger partial charge in [0, 0.05) is 0 Å². The van der Waals surface area contributed by atoms with Gasteiger partial charge in [-0.3, -0.25) is 0 Å². The predicted molar refractivity (Wildman–Crippen MR) is 84.7 cm³/mol. The van der Waals surface area contributed by atoms with Crippen LogP contribution in [0.5, 0.6) is 0 Å². The third kappa shape index (κ3) is 5.23. The van der Waals surface area contributed by atoms with Crippen LogP contribution in [0.15, 0.2) is 12.7 Å². The lowest BCUT2D eigenvalue weighted by Crippen LogP contribution is -2.28. The molecule has 0 fully saturated rings. The second-order valence-electron chi connectivity index (χ2n) is 5.30. The van der Waals surface area contributed by atoms with Gasteiger partial charge in [-0.1, -0.05) is 6.08 Å². The van der Waals surface area contributed by atoms with E-state index in [9.17, 15) is 35.9 Å². The molecule has 0 aromatic carbocycles. The van der Waals surface area contributed by atoms with Crippen molar-refractivity contribution < 1.29 is 45.4 Å². The van der Waals surface area contributed by atoms with E-state index >= 15 is 0 Å². The molecule has 11 heteroatoms. The molecule has 0 atom stereocenters. The molecule has 156 valence electrons. The molecule has 0 aliphatic rings. The first-order chi connectivity index (χ1) is 12.9. The Morgan fingerprint density at radius 2 is 1.32 bits per heavy atom. The number of esters is 2. The number of carbonyl (C=O) groups excluding carboxylic acids is 2. The van der Waals surface area contributed by atoms with Crippen LogP contribution in [-0.2, 0) is 28.2 Å². The molecule has 0 saturated carbocycles. The summed E-state index contributed by atoms with van der Waals surface area (Å²) in [6, 6.07) is 0. The van der Waals surface area contributed by atoms with E-state index in [0.717, 1.165) is 0 Å². The molecule has 0 radical (unpaired) electrons. The third-order valence-corrected chi connectivity index (χ3v) is 3.40. The highest BCUT2D eigenvalue weighted by Gasteiger charge is 2.47. The van der Waals surface area contributed by atoms with E-state index in [0.29, 0.717) is 0 Å². The molecule has 0 spiro atoms. The van der Waals surface area contributed by atoms with E-state index in [2.05, 4.69) is 21.0 Å². The normalized spacial score (nSPS) is 11.9. The Morgan fingerprint density at radius 3 is 1.61 bits per heavy atom. The van der Waals surface area contributed by atoms with Crippen molar-refractivity contribution in [2.45, 2.75) is 39.0 Å². The largest absolute Gasteiger partial charge is 0.462 e. The zero-order chi connectivity index (χ0) is 21.7. The van der Waals surface area contributed by atoms with Gasteiger partial charge in [-0.05, 0) is 32.3 Å². The highest BCUT2D eigenvalue weighted by molar-refractivity contribution is 5.99. The Morgan fingerprint density at radius 1 is 0.929 bits per heavy atom. The van der Waals surface area contributed by atoms with Gasteiger partial charge in [0.15, 0.2) is 11.4 Å². The molecule has 1 rings (SSSR count). The first-order valence-electron chi connectivity index (χ1n) is 8.06. The van der Waals surface area contributed by atoms with Crippen LogP contribution in [0.25, 0.3) is 0 Å². The molecule has 1 heterocycles. The number of pyridine rings is 1. The van der Waals surface area contributed by atoms with Crippen LogP contribution in [-0.4, -0.2) is 30.1 Å². The number of hydrogen-bond donors (Lipinski definition) is 0. The first kappa shape index (κ1) is 23.4. The van der Waals surface area contributed by atoms with Crippen molar-refractivity contribution >= 4 is 11.9 Å². The summed E-state index contributed by atoms with van der Waals surface area (Å²) in [4.78, 5) is 26.9. The summed E-state index contributed by atoms with van der Waals surface area (Å²) in [7, 11) is 0. The average molecular weight is 413 g/mol. The molecule has 28 heavy (non-hydrogen) atoms. The number of hydrogen-bond acceptors (Lipinski definition) is 5. The number of allylic oxidation sites excluding steroid dienone is 1. The van der Waals surface area contributed by atoms with Crippen molar-refractivity contribution in [3.05, 3.63) is 40.7 Å². The van der Waals surface area contributed by atoms with Crippen molar-refractivity contribution in [1.82, 2.24) is 4.98 Å². The molecule has 5 nitrogen and oxygen atoms in total. The number of halogens is 6. The standard InChI is InChI=1S/C17H17F6NO4/c1-4-7-8-9-10(14(25)27-5-2)12(16(18,19)20)24-13(17(21,22)23)11(9)15(26)28-6-3/h4H,1,5-8H2,2-3H3. The van der Waals surface area contributed by atoms with E-state index < -0.39 is 58.8 Å². The van der Waals surface area contributed by atoms with Crippen molar-refractivity contribution in [2.24, 2.45) is 0 Å². The van der Waals surface area contributed by atoms with Crippen molar-refractivity contribution in [1.29, 1.82) is 0 Å². The van der Waals surface area contributed by atoms with E-state index in [1.807, 2.05) is 0 Å². The number of carbonyl (C=O) groups is 2. The molecule has 0 aliphatic carbocycles. The van der Waals surface area contributed by atoms with Crippen LogP contribution in [0.3, 0.4) is 0 Å². The zero-order valence-electron chi connectivity index (χ0n) is 15.0. The van der Waals surface area contributed by atoms with Gasteiger partial charge in [-0.25, -0.2) is 14.6 Å². The van der Waals surface area contributed by atoms with Gasteiger partial charge >= 0.3 is 24.3 Å². The van der Waals surface area contributed by atoms with Crippen LogP contribution in [0.1, 0.15) is 57.9 Å². The minimum absolute atomic E-state index is 0.114. The summed E-state index contributed by atoms with van der Waals surface area (Å²) < 4.78 is 89.7. The molecular weight excluding hydrogens is 396 g/mol. The van der Waals surface area contributed by atoms with Crippen LogP contribution < -0.4 is 0 Å². The lowest BCUT2D eigenvalue weighted by Gasteiger charge is -2.21. The second kappa shape index (κ2) is 9.07. The van der Waals surface area contributed by atoms with E-state index in [-0.39, 0.29) is 19.6 Å². The van der Waals surface area contributed by atoms with Gasteiger partial charge in [0.25, 0.3) is 0 Å². The number of ether oxygens (including phenoxy) is 2. The van der Waals surface area contributed by atoms with Gasteiger partial charge in [0.2, 0.25) is 0 Å². The molecule has 0 unspecified atom stereocenters. The number of alkyl halides is 6. The lowest BCUT2D eigenvalue weighted by molar-refractivity contribution is -0.151. The fourth-order valence-electron chi connectivity index (χ4n) is 2.39. The molecule has 1 aromatic heterocycles. The summed E-state index contributed by atoms with van der Waals surface area (Å²) >= 11 is 0. The fraction of sp³-hybridized carbons (Fsp3) is 0.471.